The Balaban J connectivity index is 1.79. The maximum atomic E-state index is 12.6. The molecule has 1 aliphatic rings. The Kier molecular flexibility index (Phi) is 4.67. The van der Waals surface area contributed by atoms with Crippen LogP contribution in [0.2, 0.25) is 0 Å². The number of amides is 2. The number of anilines is 2. The average molecular weight is 359 g/mol. The molecule has 0 bridgehead atoms. The van der Waals surface area contributed by atoms with Gasteiger partial charge in [-0.2, -0.15) is 0 Å². The van der Waals surface area contributed by atoms with E-state index in [4.69, 9.17) is 0 Å². The molecule has 2 aromatic rings. The molecule has 0 radical (unpaired) electrons. The maximum absolute atomic E-state index is 12.6. The second-order valence-corrected chi connectivity index (χ2v) is 7.81. The van der Waals surface area contributed by atoms with Gasteiger partial charge in [0.15, 0.2) is 0 Å². The molecule has 0 aliphatic carbocycles. The number of nitrogens with zero attached hydrogens (tertiary/aromatic N) is 1. The minimum atomic E-state index is -3.65. The first-order chi connectivity index (χ1) is 11.9. The zero-order valence-corrected chi connectivity index (χ0v) is 15.1. The predicted octanol–water partition coefficient (Wildman–Crippen LogP) is 3.02. The van der Waals surface area contributed by atoms with E-state index in [0.717, 1.165) is 17.7 Å². The quantitative estimate of drug-likeness (QED) is 0.881. The number of rotatable bonds is 4. The summed E-state index contributed by atoms with van der Waals surface area (Å²) in [6.45, 7) is 5.04. The number of carbonyl (C=O) groups excluding carboxylic acids is 1. The zero-order chi connectivity index (χ0) is 18.0. The van der Waals surface area contributed by atoms with E-state index in [0.29, 0.717) is 24.3 Å². The Morgan fingerprint density at radius 3 is 2.44 bits per heavy atom. The fourth-order valence-electron chi connectivity index (χ4n) is 2.90. The molecule has 2 N–H and O–H groups in total. The lowest BCUT2D eigenvalue weighted by atomic mass is 10.2. The molecule has 2 amide bonds. The predicted molar refractivity (Wildman–Crippen MR) is 98.5 cm³/mol. The lowest BCUT2D eigenvalue weighted by Gasteiger charge is -2.27. The summed E-state index contributed by atoms with van der Waals surface area (Å²) in [6.07, 6.45) is 0.882. The van der Waals surface area contributed by atoms with E-state index in [-0.39, 0.29) is 10.9 Å². The number of hydrogen-bond donors (Lipinski definition) is 2. The SMILES string of the molecule is Cc1ccc(S(=O)(=O)Nc2ccc(N3CCCNC3=O)cc2)c(C)c1. The maximum Gasteiger partial charge on any atom is 0.321 e. The van der Waals surface area contributed by atoms with Gasteiger partial charge in [0.05, 0.1) is 4.90 Å². The van der Waals surface area contributed by atoms with Gasteiger partial charge in [-0.1, -0.05) is 17.7 Å². The summed E-state index contributed by atoms with van der Waals surface area (Å²) in [5, 5.41) is 2.79. The Morgan fingerprint density at radius 1 is 1.08 bits per heavy atom. The van der Waals surface area contributed by atoms with Crippen LogP contribution in [0.1, 0.15) is 17.5 Å². The van der Waals surface area contributed by atoms with Gasteiger partial charge in [0.2, 0.25) is 0 Å². The summed E-state index contributed by atoms with van der Waals surface area (Å²) in [5.74, 6) is 0. The first-order valence-electron chi connectivity index (χ1n) is 8.12. The van der Waals surface area contributed by atoms with Crippen LogP contribution in [0, 0.1) is 13.8 Å². The molecular weight excluding hydrogens is 338 g/mol. The van der Waals surface area contributed by atoms with Crippen molar-refractivity contribution in [3.63, 3.8) is 0 Å². The molecule has 0 unspecified atom stereocenters. The highest BCUT2D eigenvalue weighted by molar-refractivity contribution is 7.92. The Labute approximate surface area is 147 Å². The third-order valence-electron chi connectivity index (χ3n) is 4.13. The molecule has 1 fully saturated rings. The normalized spacial score (nSPS) is 15.0. The topological polar surface area (TPSA) is 78.5 Å². The van der Waals surface area contributed by atoms with Crippen molar-refractivity contribution < 1.29 is 13.2 Å². The van der Waals surface area contributed by atoms with Crippen molar-refractivity contribution in [1.29, 1.82) is 0 Å². The number of urea groups is 1. The van der Waals surface area contributed by atoms with Crippen LogP contribution in [0.3, 0.4) is 0 Å². The smallest absolute Gasteiger partial charge is 0.321 e. The van der Waals surface area contributed by atoms with E-state index in [2.05, 4.69) is 10.0 Å². The monoisotopic (exact) mass is 359 g/mol. The summed E-state index contributed by atoms with van der Waals surface area (Å²) >= 11 is 0. The molecule has 1 heterocycles. The molecule has 0 spiro atoms. The van der Waals surface area contributed by atoms with Crippen molar-refractivity contribution in [2.24, 2.45) is 0 Å². The van der Waals surface area contributed by atoms with E-state index < -0.39 is 10.0 Å². The second-order valence-electron chi connectivity index (χ2n) is 6.16. The number of benzene rings is 2. The summed E-state index contributed by atoms with van der Waals surface area (Å²) in [7, 11) is -3.65. The van der Waals surface area contributed by atoms with Crippen LogP contribution in [-0.2, 0) is 10.0 Å². The molecule has 2 aromatic carbocycles. The van der Waals surface area contributed by atoms with Crippen molar-refractivity contribution in [1.82, 2.24) is 5.32 Å². The van der Waals surface area contributed by atoms with Gasteiger partial charge in [0.1, 0.15) is 0 Å². The van der Waals surface area contributed by atoms with Crippen LogP contribution in [0.5, 0.6) is 0 Å². The Morgan fingerprint density at radius 2 is 1.80 bits per heavy atom. The fourth-order valence-corrected chi connectivity index (χ4v) is 4.18. The highest BCUT2D eigenvalue weighted by Crippen LogP contribution is 2.23. The molecule has 1 aliphatic heterocycles. The first-order valence-corrected chi connectivity index (χ1v) is 9.61. The van der Waals surface area contributed by atoms with Crippen LogP contribution in [0.4, 0.5) is 16.2 Å². The molecule has 1 saturated heterocycles. The van der Waals surface area contributed by atoms with Crippen LogP contribution >= 0.6 is 0 Å². The van der Waals surface area contributed by atoms with Crippen LogP contribution in [-0.4, -0.2) is 27.5 Å². The van der Waals surface area contributed by atoms with Gasteiger partial charge < -0.3 is 5.32 Å². The number of carbonyl (C=O) groups is 1. The van der Waals surface area contributed by atoms with Gasteiger partial charge in [-0.15, -0.1) is 0 Å². The van der Waals surface area contributed by atoms with Crippen molar-refractivity contribution in [2.45, 2.75) is 25.2 Å². The fraction of sp³-hybridized carbons (Fsp3) is 0.278. The molecule has 7 heteroatoms. The number of sulfonamides is 1. The van der Waals surface area contributed by atoms with E-state index in [1.54, 1.807) is 48.2 Å². The van der Waals surface area contributed by atoms with Gasteiger partial charge in [-0.3, -0.25) is 9.62 Å². The first kappa shape index (κ1) is 17.3. The van der Waals surface area contributed by atoms with E-state index in [1.807, 2.05) is 13.0 Å². The van der Waals surface area contributed by atoms with Crippen molar-refractivity contribution >= 4 is 27.4 Å². The largest absolute Gasteiger partial charge is 0.338 e. The summed E-state index contributed by atoms with van der Waals surface area (Å²) in [6, 6.07) is 11.9. The molecule has 0 saturated carbocycles. The number of hydrogen-bond acceptors (Lipinski definition) is 3. The van der Waals surface area contributed by atoms with Crippen molar-refractivity contribution in [3.8, 4) is 0 Å². The van der Waals surface area contributed by atoms with E-state index in [9.17, 15) is 13.2 Å². The summed E-state index contributed by atoms with van der Waals surface area (Å²) in [5.41, 5.74) is 2.92. The molecule has 0 aromatic heterocycles. The Bertz CT molecular complexity index is 892. The summed E-state index contributed by atoms with van der Waals surface area (Å²) in [4.78, 5) is 13.8. The molecule has 6 nitrogen and oxygen atoms in total. The number of nitrogens with one attached hydrogen (secondary N) is 2. The van der Waals surface area contributed by atoms with E-state index in [1.165, 1.54) is 0 Å². The van der Waals surface area contributed by atoms with Gasteiger partial charge in [0, 0.05) is 24.5 Å². The number of aryl methyl sites for hydroxylation is 2. The second kappa shape index (κ2) is 6.76. The Hall–Kier alpha value is -2.54. The molecule has 25 heavy (non-hydrogen) atoms. The van der Waals surface area contributed by atoms with Crippen molar-refractivity contribution in [3.05, 3.63) is 53.6 Å². The lowest BCUT2D eigenvalue weighted by Crippen LogP contribution is -2.46. The van der Waals surface area contributed by atoms with Gasteiger partial charge in [-0.25, -0.2) is 13.2 Å². The minimum absolute atomic E-state index is 0.130. The molecule has 3 rings (SSSR count). The third kappa shape index (κ3) is 3.76. The van der Waals surface area contributed by atoms with Gasteiger partial charge >= 0.3 is 6.03 Å². The van der Waals surface area contributed by atoms with Gasteiger partial charge in [0.25, 0.3) is 10.0 Å². The van der Waals surface area contributed by atoms with Crippen LogP contribution < -0.4 is 14.9 Å². The minimum Gasteiger partial charge on any atom is -0.338 e. The van der Waals surface area contributed by atoms with Gasteiger partial charge in [-0.05, 0) is 56.2 Å². The highest BCUT2D eigenvalue weighted by atomic mass is 32.2. The molecular formula is C18H21N3O3S. The standard InChI is InChI=1S/C18H21N3O3S/c1-13-4-9-17(14(2)12-13)25(23,24)20-15-5-7-16(8-6-15)21-11-3-10-19-18(21)22/h4-9,12,20H,3,10-11H2,1-2H3,(H,19,22). The highest BCUT2D eigenvalue weighted by Gasteiger charge is 2.20. The average Bonchev–Trinajstić information content (AvgIpc) is 2.55. The third-order valence-corrected chi connectivity index (χ3v) is 5.67. The zero-order valence-electron chi connectivity index (χ0n) is 14.2. The lowest BCUT2D eigenvalue weighted by molar-refractivity contribution is 0.243. The van der Waals surface area contributed by atoms with Crippen LogP contribution in [0.15, 0.2) is 47.4 Å². The summed E-state index contributed by atoms with van der Waals surface area (Å²) < 4.78 is 27.8. The van der Waals surface area contributed by atoms with E-state index >= 15 is 0 Å². The van der Waals surface area contributed by atoms with Crippen LogP contribution in [0.25, 0.3) is 0 Å². The van der Waals surface area contributed by atoms with Crippen molar-refractivity contribution in [2.75, 3.05) is 22.7 Å². The molecule has 0 atom stereocenters. The molecule has 132 valence electrons.